The summed E-state index contributed by atoms with van der Waals surface area (Å²) < 4.78 is 13.2. The SMILES string of the molecule is CNC(CCN(C)CC(C)O)c1cccc(F)c1. The molecular formula is C14H23FN2O. The minimum atomic E-state index is -0.322. The zero-order valence-corrected chi connectivity index (χ0v) is 11.4. The Morgan fingerprint density at radius 1 is 1.44 bits per heavy atom. The van der Waals surface area contributed by atoms with Crippen LogP contribution in [0.15, 0.2) is 24.3 Å². The second-order valence-electron chi connectivity index (χ2n) is 4.80. The van der Waals surface area contributed by atoms with Gasteiger partial charge in [-0.25, -0.2) is 4.39 Å². The van der Waals surface area contributed by atoms with Gasteiger partial charge in [-0.05, 0) is 51.7 Å². The minimum Gasteiger partial charge on any atom is -0.392 e. The summed E-state index contributed by atoms with van der Waals surface area (Å²) in [4.78, 5) is 2.08. The molecule has 0 radical (unpaired) electrons. The van der Waals surface area contributed by atoms with Gasteiger partial charge in [0, 0.05) is 12.6 Å². The molecule has 0 saturated heterocycles. The van der Waals surface area contributed by atoms with Crippen LogP contribution in [0.4, 0.5) is 4.39 Å². The number of rotatable bonds is 7. The Kier molecular flexibility index (Phi) is 6.25. The Balaban J connectivity index is 2.52. The molecule has 3 nitrogen and oxygen atoms in total. The molecule has 0 aliphatic rings. The predicted molar refractivity (Wildman–Crippen MR) is 72.0 cm³/mol. The van der Waals surface area contributed by atoms with Crippen LogP contribution in [0.2, 0.25) is 0 Å². The van der Waals surface area contributed by atoms with Gasteiger partial charge in [-0.15, -0.1) is 0 Å². The first kappa shape index (κ1) is 15.1. The van der Waals surface area contributed by atoms with Crippen molar-refractivity contribution in [2.45, 2.75) is 25.5 Å². The van der Waals surface area contributed by atoms with Gasteiger partial charge in [-0.3, -0.25) is 0 Å². The van der Waals surface area contributed by atoms with E-state index in [-0.39, 0.29) is 18.0 Å². The molecule has 1 aromatic rings. The zero-order valence-electron chi connectivity index (χ0n) is 11.4. The lowest BCUT2D eigenvalue weighted by molar-refractivity contribution is 0.139. The van der Waals surface area contributed by atoms with Crippen LogP contribution in [-0.4, -0.2) is 43.3 Å². The number of likely N-dealkylation sites (N-methyl/N-ethyl adjacent to an activating group) is 1. The fourth-order valence-corrected chi connectivity index (χ4v) is 2.09. The molecule has 102 valence electrons. The van der Waals surface area contributed by atoms with E-state index in [4.69, 9.17) is 0 Å². The van der Waals surface area contributed by atoms with Crippen molar-refractivity contribution in [2.24, 2.45) is 0 Å². The molecule has 2 atom stereocenters. The standard InChI is InChI=1S/C14H23FN2O/c1-11(18)10-17(3)8-7-14(16-2)12-5-4-6-13(15)9-12/h4-6,9,11,14,16,18H,7-8,10H2,1-3H3. The van der Waals surface area contributed by atoms with E-state index in [1.807, 2.05) is 20.2 Å². The monoisotopic (exact) mass is 254 g/mol. The van der Waals surface area contributed by atoms with Gasteiger partial charge in [0.25, 0.3) is 0 Å². The molecule has 0 bridgehead atoms. The second kappa shape index (κ2) is 7.46. The zero-order chi connectivity index (χ0) is 13.5. The average molecular weight is 254 g/mol. The maximum absolute atomic E-state index is 13.2. The minimum absolute atomic E-state index is 0.136. The lowest BCUT2D eigenvalue weighted by Gasteiger charge is -2.22. The summed E-state index contributed by atoms with van der Waals surface area (Å²) in [5.41, 5.74) is 0.961. The van der Waals surface area contributed by atoms with Crippen LogP contribution in [-0.2, 0) is 0 Å². The smallest absolute Gasteiger partial charge is 0.123 e. The van der Waals surface area contributed by atoms with Gasteiger partial charge in [-0.1, -0.05) is 12.1 Å². The van der Waals surface area contributed by atoms with E-state index < -0.39 is 0 Å². The maximum atomic E-state index is 13.2. The molecule has 1 rings (SSSR count). The molecule has 0 aliphatic carbocycles. The van der Waals surface area contributed by atoms with E-state index in [0.29, 0.717) is 6.54 Å². The first-order chi connectivity index (χ1) is 8.52. The van der Waals surface area contributed by atoms with Crippen molar-refractivity contribution in [3.63, 3.8) is 0 Å². The Morgan fingerprint density at radius 3 is 2.72 bits per heavy atom. The van der Waals surface area contributed by atoms with Crippen molar-refractivity contribution in [3.8, 4) is 0 Å². The van der Waals surface area contributed by atoms with E-state index in [2.05, 4.69) is 10.2 Å². The highest BCUT2D eigenvalue weighted by molar-refractivity contribution is 5.20. The molecule has 18 heavy (non-hydrogen) atoms. The molecule has 0 aliphatic heterocycles. The van der Waals surface area contributed by atoms with Crippen LogP contribution in [0.1, 0.15) is 24.9 Å². The number of nitrogens with zero attached hydrogens (tertiary/aromatic N) is 1. The van der Waals surface area contributed by atoms with Crippen molar-refractivity contribution < 1.29 is 9.50 Å². The van der Waals surface area contributed by atoms with Gasteiger partial charge in [-0.2, -0.15) is 0 Å². The van der Waals surface area contributed by atoms with E-state index in [9.17, 15) is 9.50 Å². The predicted octanol–water partition coefficient (Wildman–Crippen LogP) is 1.79. The molecule has 0 heterocycles. The molecule has 0 saturated carbocycles. The van der Waals surface area contributed by atoms with Crippen LogP contribution in [0, 0.1) is 5.82 Å². The van der Waals surface area contributed by atoms with Crippen LogP contribution < -0.4 is 5.32 Å². The third kappa shape index (κ3) is 5.12. The summed E-state index contributed by atoms with van der Waals surface area (Å²) in [5, 5.41) is 12.5. The van der Waals surface area contributed by atoms with Gasteiger partial charge in [0.15, 0.2) is 0 Å². The molecular weight excluding hydrogens is 231 g/mol. The van der Waals surface area contributed by atoms with Gasteiger partial charge in [0.2, 0.25) is 0 Å². The molecule has 0 amide bonds. The van der Waals surface area contributed by atoms with Gasteiger partial charge < -0.3 is 15.3 Å². The van der Waals surface area contributed by atoms with Crippen LogP contribution in [0.25, 0.3) is 0 Å². The van der Waals surface area contributed by atoms with Crippen molar-refractivity contribution in [3.05, 3.63) is 35.6 Å². The van der Waals surface area contributed by atoms with Crippen molar-refractivity contribution >= 4 is 0 Å². The highest BCUT2D eigenvalue weighted by Crippen LogP contribution is 2.17. The number of nitrogens with one attached hydrogen (secondary N) is 1. The van der Waals surface area contributed by atoms with Crippen molar-refractivity contribution in [1.29, 1.82) is 0 Å². The summed E-state index contributed by atoms with van der Waals surface area (Å²) >= 11 is 0. The quantitative estimate of drug-likeness (QED) is 0.778. The van der Waals surface area contributed by atoms with E-state index in [0.717, 1.165) is 18.5 Å². The molecule has 0 spiro atoms. The van der Waals surface area contributed by atoms with E-state index in [1.165, 1.54) is 6.07 Å². The van der Waals surface area contributed by atoms with Crippen LogP contribution in [0.3, 0.4) is 0 Å². The molecule has 2 N–H and O–H groups in total. The molecule has 0 aromatic heterocycles. The number of halogens is 1. The molecule has 2 unspecified atom stereocenters. The number of hydrogen-bond acceptors (Lipinski definition) is 3. The van der Waals surface area contributed by atoms with Crippen LogP contribution in [0.5, 0.6) is 0 Å². The Morgan fingerprint density at radius 2 is 2.17 bits per heavy atom. The first-order valence-corrected chi connectivity index (χ1v) is 6.32. The average Bonchev–Trinajstić information content (AvgIpc) is 2.29. The normalized spacial score (nSPS) is 14.8. The van der Waals surface area contributed by atoms with E-state index in [1.54, 1.807) is 19.1 Å². The maximum Gasteiger partial charge on any atom is 0.123 e. The highest BCUT2D eigenvalue weighted by atomic mass is 19.1. The van der Waals surface area contributed by atoms with Crippen molar-refractivity contribution in [2.75, 3.05) is 27.2 Å². The number of hydrogen-bond donors (Lipinski definition) is 2. The lowest BCUT2D eigenvalue weighted by Crippen LogP contribution is -2.30. The largest absolute Gasteiger partial charge is 0.392 e. The van der Waals surface area contributed by atoms with Crippen LogP contribution >= 0.6 is 0 Å². The Labute approximate surface area is 109 Å². The van der Waals surface area contributed by atoms with Gasteiger partial charge in [0.1, 0.15) is 5.82 Å². The third-order valence-electron chi connectivity index (χ3n) is 2.97. The molecule has 0 fully saturated rings. The topological polar surface area (TPSA) is 35.5 Å². The number of benzene rings is 1. The van der Waals surface area contributed by atoms with E-state index >= 15 is 0 Å². The number of aliphatic hydroxyl groups is 1. The summed E-state index contributed by atoms with van der Waals surface area (Å²) in [6.45, 7) is 3.28. The summed E-state index contributed by atoms with van der Waals surface area (Å²) in [6, 6.07) is 6.82. The Bertz CT molecular complexity index is 357. The fourth-order valence-electron chi connectivity index (χ4n) is 2.09. The first-order valence-electron chi connectivity index (χ1n) is 6.32. The molecule has 4 heteroatoms. The van der Waals surface area contributed by atoms with Gasteiger partial charge >= 0.3 is 0 Å². The second-order valence-corrected chi connectivity index (χ2v) is 4.80. The summed E-state index contributed by atoms with van der Waals surface area (Å²) in [7, 11) is 3.86. The summed E-state index contributed by atoms with van der Waals surface area (Å²) in [6.07, 6.45) is 0.556. The Hall–Kier alpha value is -0.970. The third-order valence-corrected chi connectivity index (χ3v) is 2.97. The van der Waals surface area contributed by atoms with Crippen molar-refractivity contribution in [1.82, 2.24) is 10.2 Å². The fraction of sp³-hybridized carbons (Fsp3) is 0.571. The molecule has 1 aromatic carbocycles. The number of aliphatic hydroxyl groups excluding tert-OH is 1. The summed E-state index contributed by atoms with van der Waals surface area (Å²) in [5.74, 6) is -0.204. The van der Waals surface area contributed by atoms with Gasteiger partial charge in [0.05, 0.1) is 6.10 Å². The highest BCUT2D eigenvalue weighted by Gasteiger charge is 2.11. The lowest BCUT2D eigenvalue weighted by atomic mass is 10.0.